The standard InChI is InChI=1S/C24H20FN3O3S/c25-18-11-16(26)5-8-20(18)31-21-9-10-27-19-12-22(32-23(19)21)15-3-1-14(2-4-15)13-28(24(29)30)17-6-7-17/h1-5,8-12,17H,6-7,13,26H2,(H,29,30). The van der Waals surface area contributed by atoms with Crippen LogP contribution >= 0.6 is 11.3 Å². The van der Waals surface area contributed by atoms with Crippen LogP contribution in [0.2, 0.25) is 0 Å². The number of nitrogen functional groups attached to an aromatic ring is 1. The van der Waals surface area contributed by atoms with E-state index < -0.39 is 11.9 Å². The minimum Gasteiger partial charge on any atom is -0.465 e. The first-order valence-corrected chi connectivity index (χ1v) is 11.0. The summed E-state index contributed by atoms with van der Waals surface area (Å²) in [5.74, 6) is 0.0988. The number of fused-ring (bicyclic) bond motifs is 1. The monoisotopic (exact) mass is 449 g/mol. The average Bonchev–Trinajstić information content (AvgIpc) is 3.51. The summed E-state index contributed by atoms with van der Waals surface area (Å²) in [6, 6.07) is 16.0. The number of hydrogen-bond acceptors (Lipinski definition) is 5. The van der Waals surface area contributed by atoms with Gasteiger partial charge in [-0.1, -0.05) is 24.3 Å². The van der Waals surface area contributed by atoms with Crippen LogP contribution in [0.15, 0.2) is 60.8 Å². The molecule has 32 heavy (non-hydrogen) atoms. The summed E-state index contributed by atoms with van der Waals surface area (Å²) < 4.78 is 20.8. The van der Waals surface area contributed by atoms with Crippen molar-refractivity contribution in [3.05, 3.63) is 72.2 Å². The van der Waals surface area contributed by atoms with Gasteiger partial charge in [0.1, 0.15) is 5.75 Å². The van der Waals surface area contributed by atoms with Crippen molar-refractivity contribution in [2.24, 2.45) is 0 Å². The van der Waals surface area contributed by atoms with E-state index >= 15 is 0 Å². The molecule has 3 N–H and O–H groups in total. The van der Waals surface area contributed by atoms with Crippen molar-refractivity contribution in [3.63, 3.8) is 0 Å². The molecule has 0 saturated heterocycles. The molecule has 5 rings (SSSR count). The third-order valence-corrected chi connectivity index (χ3v) is 6.56. The van der Waals surface area contributed by atoms with Crippen LogP contribution in [0.4, 0.5) is 14.9 Å². The molecule has 1 aliphatic rings. The molecule has 2 aromatic carbocycles. The normalized spacial score (nSPS) is 13.3. The van der Waals surface area contributed by atoms with Gasteiger partial charge in [0, 0.05) is 41.5 Å². The highest BCUT2D eigenvalue weighted by Gasteiger charge is 2.32. The van der Waals surface area contributed by atoms with E-state index in [0.29, 0.717) is 18.0 Å². The topological polar surface area (TPSA) is 88.7 Å². The maximum absolute atomic E-state index is 14.2. The van der Waals surface area contributed by atoms with Gasteiger partial charge in [0.2, 0.25) is 0 Å². The van der Waals surface area contributed by atoms with Crippen molar-refractivity contribution in [2.45, 2.75) is 25.4 Å². The highest BCUT2D eigenvalue weighted by atomic mass is 32.1. The lowest BCUT2D eigenvalue weighted by Crippen LogP contribution is -2.30. The first kappa shape index (κ1) is 20.3. The third kappa shape index (κ3) is 4.09. The fraction of sp³-hybridized carbons (Fsp3) is 0.167. The smallest absolute Gasteiger partial charge is 0.407 e. The molecule has 0 unspecified atom stereocenters. The zero-order valence-electron chi connectivity index (χ0n) is 17.0. The Labute approximate surface area is 187 Å². The van der Waals surface area contributed by atoms with E-state index in [1.807, 2.05) is 30.3 Å². The molecule has 4 aromatic rings. The Balaban J connectivity index is 1.40. The number of carbonyl (C=O) groups is 1. The van der Waals surface area contributed by atoms with Crippen molar-refractivity contribution in [3.8, 4) is 21.9 Å². The van der Waals surface area contributed by atoms with Gasteiger partial charge in [-0.3, -0.25) is 4.98 Å². The van der Waals surface area contributed by atoms with Gasteiger partial charge in [-0.25, -0.2) is 9.18 Å². The second kappa shape index (κ2) is 8.12. The summed E-state index contributed by atoms with van der Waals surface area (Å²) in [7, 11) is 0. The van der Waals surface area contributed by atoms with Gasteiger partial charge in [0.25, 0.3) is 0 Å². The maximum Gasteiger partial charge on any atom is 0.407 e. The third-order valence-electron chi connectivity index (χ3n) is 5.38. The number of pyridine rings is 1. The van der Waals surface area contributed by atoms with Crippen LogP contribution in [0.3, 0.4) is 0 Å². The summed E-state index contributed by atoms with van der Waals surface area (Å²) in [6.07, 6.45) is 2.62. The first-order valence-electron chi connectivity index (χ1n) is 10.2. The maximum atomic E-state index is 14.2. The average molecular weight is 450 g/mol. The molecule has 1 amide bonds. The fourth-order valence-corrected chi connectivity index (χ4v) is 4.64. The fourth-order valence-electron chi connectivity index (χ4n) is 3.57. The number of hydrogen-bond donors (Lipinski definition) is 2. The molecule has 0 aliphatic heterocycles. The van der Waals surface area contributed by atoms with E-state index in [-0.39, 0.29) is 11.8 Å². The predicted octanol–water partition coefficient (Wildman–Crippen LogP) is 6.12. The number of rotatable bonds is 6. The number of benzene rings is 2. The zero-order valence-corrected chi connectivity index (χ0v) is 17.8. The summed E-state index contributed by atoms with van der Waals surface area (Å²) in [6.45, 7) is 0.388. The second-order valence-corrected chi connectivity index (χ2v) is 8.82. The molecule has 0 spiro atoms. The zero-order chi connectivity index (χ0) is 22.2. The molecule has 1 saturated carbocycles. The lowest BCUT2D eigenvalue weighted by atomic mass is 10.1. The van der Waals surface area contributed by atoms with Gasteiger partial charge in [-0.2, -0.15) is 0 Å². The van der Waals surface area contributed by atoms with Crippen molar-refractivity contribution >= 4 is 33.3 Å². The summed E-state index contributed by atoms with van der Waals surface area (Å²) in [5.41, 5.74) is 8.65. The lowest BCUT2D eigenvalue weighted by molar-refractivity contribution is 0.139. The molecular formula is C24H20FN3O3S. The molecule has 2 aromatic heterocycles. The van der Waals surface area contributed by atoms with Gasteiger partial charge in [-0.05, 0) is 42.2 Å². The molecule has 1 fully saturated rings. The van der Waals surface area contributed by atoms with Crippen molar-refractivity contribution < 1.29 is 19.0 Å². The van der Waals surface area contributed by atoms with Crippen molar-refractivity contribution in [1.29, 1.82) is 0 Å². The quantitative estimate of drug-likeness (QED) is 0.346. The number of carboxylic acid groups (broad SMARTS) is 1. The number of ether oxygens (including phenoxy) is 1. The summed E-state index contributed by atoms with van der Waals surface area (Å²) in [4.78, 5) is 18.4. The van der Waals surface area contributed by atoms with Gasteiger partial charge >= 0.3 is 6.09 Å². The van der Waals surface area contributed by atoms with Gasteiger partial charge in [0.05, 0.1) is 10.2 Å². The molecule has 0 radical (unpaired) electrons. The van der Waals surface area contributed by atoms with Crippen LogP contribution in [0.5, 0.6) is 11.5 Å². The minimum atomic E-state index is -0.878. The van der Waals surface area contributed by atoms with Crippen molar-refractivity contribution in [2.75, 3.05) is 5.73 Å². The number of thiophene rings is 1. The Hall–Kier alpha value is -3.65. The minimum absolute atomic E-state index is 0.102. The van der Waals surface area contributed by atoms with Crippen LogP contribution in [-0.4, -0.2) is 27.1 Å². The Morgan fingerprint density at radius 3 is 2.62 bits per heavy atom. The second-order valence-electron chi connectivity index (χ2n) is 7.76. The highest BCUT2D eigenvalue weighted by molar-refractivity contribution is 7.22. The molecular weight excluding hydrogens is 429 g/mol. The predicted molar refractivity (Wildman–Crippen MR) is 123 cm³/mol. The van der Waals surface area contributed by atoms with E-state index in [1.165, 1.54) is 28.4 Å². The van der Waals surface area contributed by atoms with E-state index in [1.54, 1.807) is 18.3 Å². The summed E-state index contributed by atoms with van der Waals surface area (Å²) >= 11 is 1.51. The van der Waals surface area contributed by atoms with Crippen LogP contribution in [-0.2, 0) is 6.54 Å². The Bertz CT molecular complexity index is 1300. The number of nitrogens with zero attached hydrogens (tertiary/aromatic N) is 2. The number of anilines is 1. The Morgan fingerprint density at radius 2 is 1.94 bits per heavy atom. The van der Waals surface area contributed by atoms with Crippen molar-refractivity contribution in [1.82, 2.24) is 9.88 Å². The molecule has 0 bridgehead atoms. The molecule has 2 heterocycles. The van der Waals surface area contributed by atoms with Crippen LogP contribution < -0.4 is 10.5 Å². The van der Waals surface area contributed by atoms with Gasteiger partial charge in [-0.15, -0.1) is 11.3 Å². The largest absolute Gasteiger partial charge is 0.465 e. The van der Waals surface area contributed by atoms with Gasteiger partial charge < -0.3 is 20.5 Å². The lowest BCUT2D eigenvalue weighted by Gasteiger charge is -2.18. The van der Waals surface area contributed by atoms with E-state index in [0.717, 1.165) is 39.1 Å². The Kier molecular flexibility index (Phi) is 5.14. The SMILES string of the molecule is Nc1ccc(Oc2ccnc3cc(-c4ccc(CN(C(=O)O)C5CC5)cc4)sc23)c(F)c1. The molecule has 8 heteroatoms. The number of aromatic nitrogens is 1. The van der Waals surface area contributed by atoms with E-state index in [9.17, 15) is 14.3 Å². The van der Waals surface area contributed by atoms with Gasteiger partial charge in [0.15, 0.2) is 11.6 Å². The molecule has 1 aliphatic carbocycles. The molecule has 6 nitrogen and oxygen atoms in total. The first-order chi connectivity index (χ1) is 15.5. The highest BCUT2D eigenvalue weighted by Crippen LogP contribution is 2.40. The Morgan fingerprint density at radius 1 is 1.16 bits per heavy atom. The molecule has 0 atom stereocenters. The van der Waals surface area contributed by atoms with Crippen LogP contribution in [0, 0.1) is 5.82 Å². The van der Waals surface area contributed by atoms with E-state index in [4.69, 9.17) is 10.5 Å². The number of amides is 1. The van der Waals surface area contributed by atoms with Crippen LogP contribution in [0.1, 0.15) is 18.4 Å². The van der Waals surface area contributed by atoms with E-state index in [2.05, 4.69) is 4.98 Å². The number of halogens is 1. The summed E-state index contributed by atoms with van der Waals surface area (Å²) in [5, 5.41) is 9.40. The molecule has 162 valence electrons. The number of nitrogens with two attached hydrogens (primary N) is 1. The van der Waals surface area contributed by atoms with Crippen LogP contribution in [0.25, 0.3) is 20.7 Å².